The summed E-state index contributed by atoms with van der Waals surface area (Å²) in [5.74, 6) is 0. The van der Waals surface area contributed by atoms with E-state index >= 15 is 0 Å². The van der Waals surface area contributed by atoms with E-state index in [-0.39, 0.29) is 5.41 Å². The van der Waals surface area contributed by atoms with Crippen LogP contribution in [0.5, 0.6) is 0 Å². The van der Waals surface area contributed by atoms with E-state index in [9.17, 15) is 18.0 Å². The van der Waals surface area contributed by atoms with Crippen molar-refractivity contribution in [1.82, 2.24) is 9.80 Å². The molecule has 0 saturated carbocycles. The second kappa shape index (κ2) is 6.41. The van der Waals surface area contributed by atoms with Gasteiger partial charge < -0.3 is 9.53 Å². The molecule has 0 aromatic carbocycles. The second-order valence-corrected chi connectivity index (χ2v) is 5.76. The van der Waals surface area contributed by atoms with Gasteiger partial charge in [0.25, 0.3) is 0 Å². The second-order valence-electron chi connectivity index (χ2n) is 5.76. The lowest BCUT2D eigenvalue weighted by Crippen LogP contribution is -2.52. The van der Waals surface area contributed by atoms with Crippen LogP contribution < -0.4 is 0 Å². The minimum Gasteiger partial charge on any atom is -0.381 e. The summed E-state index contributed by atoms with van der Waals surface area (Å²) in [6.45, 7) is 2.97. The number of alkyl halides is 3. The third-order valence-electron chi connectivity index (χ3n) is 4.14. The predicted molar refractivity (Wildman–Crippen MR) is 67.5 cm³/mol. The van der Waals surface area contributed by atoms with Crippen molar-refractivity contribution in [2.75, 3.05) is 52.5 Å². The number of halogens is 3. The normalized spacial score (nSPS) is 25.6. The minimum atomic E-state index is -4.13. The number of hydrogen-bond donors (Lipinski definition) is 0. The van der Waals surface area contributed by atoms with Gasteiger partial charge in [0.2, 0.25) is 0 Å². The highest BCUT2D eigenvalue weighted by molar-refractivity contribution is 5.60. The van der Waals surface area contributed by atoms with Gasteiger partial charge in [-0.25, -0.2) is 0 Å². The number of carbonyl (C=O) groups is 1. The molecule has 0 spiro atoms. The van der Waals surface area contributed by atoms with E-state index in [1.165, 1.54) is 4.90 Å². The van der Waals surface area contributed by atoms with Crippen molar-refractivity contribution < 1.29 is 22.7 Å². The fraction of sp³-hybridized carbons (Fsp3) is 0.923. The highest BCUT2D eigenvalue weighted by atomic mass is 19.4. The highest BCUT2D eigenvalue weighted by Gasteiger charge is 2.36. The molecule has 0 amide bonds. The number of rotatable bonds is 4. The maximum absolute atomic E-state index is 12.3. The van der Waals surface area contributed by atoms with Gasteiger partial charge in [0.15, 0.2) is 0 Å². The molecule has 0 unspecified atom stereocenters. The van der Waals surface area contributed by atoms with Crippen molar-refractivity contribution in [3.05, 3.63) is 0 Å². The lowest BCUT2D eigenvalue weighted by atomic mass is 9.81. The van der Waals surface area contributed by atoms with Crippen LogP contribution in [0.3, 0.4) is 0 Å². The number of ether oxygens (including phenoxy) is 1. The molecule has 7 heteroatoms. The molecule has 2 fully saturated rings. The lowest BCUT2D eigenvalue weighted by Gasteiger charge is -2.41. The monoisotopic (exact) mass is 294 g/mol. The fourth-order valence-corrected chi connectivity index (χ4v) is 2.90. The van der Waals surface area contributed by atoms with E-state index in [0.29, 0.717) is 58.8 Å². The average molecular weight is 294 g/mol. The predicted octanol–water partition coefficient (Wildman–Crippen LogP) is 1.16. The van der Waals surface area contributed by atoms with Crippen LogP contribution in [0.1, 0.15) is 12.8 Å². The summed E-state index contributed by atoms with van der Waals surface area (Å²) in [6.07, 6.45) is -1.71. The molecule has 0 aromatic heterocycles. The van der Waals surface area contributed by atoms with Gasteiger partial charge in [0.05, 0.1) is 6.54 Å². The Morgan fingerprint density at radius 3 is 2.10 bits per heavy atom. The zero-order chi connectivity index (χ0) is 14.6. The molecule has 0 radical (unpaired) electrons. The molecular weight excluding hydrogens is 273 g/mol. The molecule has 2 saturated heterocycles. The van der Waals surface area contributed by atoms with E-state index in [4.69, 9.17) is 4.74 Å². The Kier molecular flexibility index (Phi) is 5.04. The zero-order valence-electron chi connectivity index (χ0n) is 11.5. The Morgan fingerprint density at radius 2 is 1.60 bits per heavy atom. The maximum Gasteiger partial charge on any atom is 0.401 e. The molecule has 0 aromatic rings. The molecular formula is C13H21F3N2O2. The Labute approximate surface area is 116 Å². The van der Waals surface area contributed by atoms with Gasteiger partial charge in [-0.15, -0.1) is 0 Å². The summed E-state index contributed by atoms with van der Waals surface area (Å²) in [7, 11) is 0. The molecule has 2 aliphatic heterocycles. The molecule has 2 heterocycles. The molecule has 20 heavy (non-hydrogen) atoms. The smallest absolute Gasteiger partial charge is 0.381 e. The molecule has 0 N–H and O–H groups in total. The molecule has 4 nitrogen and oxygen atoms in total. The van der Waals surface area contributed by atoms with Crippen molar-refractivity contribution in [3.8, 4) is 0 Å². The van der Waals surface area contributed by atoms with E-state index in [1.54, 1.807) is 0 Å². The Bertz CT molecular complexity index is 322. The summed E-state index contributed by atoms with van der Waals surface area (Å²) >= 11 is 0. The number of carbonyl (C=O) groups excluding carboxylic acids is 1. The Hall–Kier alpha value is -0.660. The third-order valence-corrected chi connectivity index (χ3v) is 4.14. The first-order chi connectivity index (χ1) is 9.42. The largest absolute Gasteiger partial charge is 0.401 e. The van der Waals surface area contributed by atoms with E-state index in [1.807, 2.05) is 0 Å². The Balaban J connectivity index is 1.80. The molecule has 2 rings (SSSR count). The van der Waals surface area contributed by atoms with E-state index in [2.05, 4.69) is 4.90 Å². The van der Waals surface area contributed by atoms with Gasteiger partial charge >= 0.3 is 6.18 Å². The van der Waals surface area contributed by atoms with Crippen molar-refractivity contribution in [1.29, 1.82) is 0 Å². The standard InChI is InChI=1S/C13H21F3N2O2/c14-13(15,16)10-18-5-3-17(4-6-18)9-12(11-19)1-7-20-8-2-12/h11H,1-10H2. The summed E-state index contributed by atoms with van der Waals surface area (Å²) in [5.41, 5.74) is -0.371. The summed E-state index contributed by atoms with van der Waals surface area (Å²) in [4.78, 5) is 14.9. The first kappa shape index (κ1) is 15.7. The first-order valence-electron chi connectivity index (χ1n) is 6.98. The Morgan fingerprint density at radius 1 is 1.05 bits per heavy atom. The van der Waals surface area contributed by atoms with Crippen LogP contribution in [0, 0.1) is 5.41 Å². The maximum atomic E-state index is 12.3. The SMILES string of the molecule is O=CC1(CN2CCN(CC(F)(F)F)CC2)CCOCC1. The minimum absolute atomic E-state index is 0.371. The van der Waals surface area contributed by atoms with Gasteiger partial charge in [-0.05, 0) is 12.8 Å². The molecule has 2 aliphatic rings. The zero-order valence-corrected chi connectivity index (χ0v) is 11.5. The summed E-state index contributed by atoms with van der Waals surface area (Å²) in [6, 6.07) is 0. The topological polar surface area (TPSA) is 32.8 Å². The van der Waals surface area contributed by atoms with Crippen molar-refractivity contribution in [3.63, 3.8) is 0 Å². The number of nitrogens with zero attached hydrogens (tertiary/aromatic N) is 2. The van der Waals surface area contributed by atoms with Crippen LogP contribution in [0.4, 0.5) is 13.2 Å². The molecule has 0 aliphatic carbocycles. The van der Waals surface area contributed by atoms with Crippen LogP contribution in [0.15, 0.2) is 0 Å². The van der Waals surface area contributed by atoms with Gasteiger partial charge in [-0.2, -0.15) is 13.2 Å². The fourth-order valence-electron chi connectivity index (χ4n) is 2.90. The average Bonchev–Trinajstić information content (AvgIpc) is 2.40. The van der Waals surface area contributed by atoms with Crippen LogP contribution >= 0.6 is 0 Å². The van der Waals surface area contributed by atoms with Crippen molar-refractivity contribution in [2.45, 2.75) is 19.0 Å². The van der Waals surface area contributed by atoms with Gasteiger partial charge in [0, 0.05) is 51.4 Å². The van der Waals surface area contributed by atoms with Gasteiger partial charge in [0.1, 0.15) is 6.29 Å². The van der Waals surface area contributed by atoms with Crippen LogP contribution in [0.2, 0.25) is 0 Å². The van der Waals surface area contributed by atoms with Crippen LogP contribution in [-0.4, -0.2) is 74.7 Å². The number of hydrogen-bond acceptors (Lipinski definition) is 4. The van der Waals surface area contributed by atoms with Gasteiger partial charge in [-0.1, -0.05) is 0 Å². The van der Waals surface area contributed by atoms with E-state index in [0.717, 1.165) is 6.29 Å². The number of piperazine rings is 1. The van der Waals surface area contributed by atoms with Crippen molar-refractivity contribution >= 4 is 6.29 Å². The van der Waals surface area contributed by atoms with Crippen molar-refractivity contribution in [2.24, 2.45) is 5.41 Å². The third kappa shape index (κ3) is 4.43. The van der Waals surface area contributed by atoms with Crippen LogP contribution in [0.25, 0.3) is 0 Å². The summed E-state index contributed by atoms with van der Waals surface area (Å²) < 4.78 is 42.2. The first-order valence-corrected chi connectivity index (χ1v) is 6.98. The quantitative estimate of drug-likeness (QED) is 0.729. The molecule has 116 valence electrons. The summed E-state index contributed by atoms with van der Waals surface area (Å²) in [5, 5.41) is 0. The van der Waals surface area contributed by atoms with E-state index < -0.39 is 12.7 Å². The lowest BCUT2D eigenvalue weighted by molar-refractivity contribution is -0.150. The molecule has 0 bridgehead atoms. The van der Waals surface area contributed by atoms with Crippen LogP contribution in [-0.2, 0) is 9.53 Å². The number of aldehydes is 1. The van der Waals surface area contributed by atoms with Gasteiger partial charge in [-0.3, -0.25) is 9.80 Å². The molecule has 0 atom stereocenters. The highest BCUT2D eigenvalue weighted by Crippen LogP contribution is 2.29.